The lowest BCUT2D eigenvalue weighted by molar-refractivity contribution is 0.0601. The van der Waals surface area contributed by atoms with Gasteiger partial charge in [0.05, 0.1) is 12.7 Å². The molecule has 21 heavy (non-hydrogen) atoms. The number of halogens is 2. The third-order valence-electron chi connectivity index (χ3n) is 3.14. The molecule has 1 N–H and O–H groups in total. The van der Waals surface area contributed by atoms with Crippen LogP contribution in [-0.4, -0.2) is 13.1 Å². The highest BCUT2D eigenvalue weighted by atomic mass is 35.5. The summed E-state index contributed by atoms with van der Waals surface area (Å²) in [6.45, 7) is 2.20. The number of benzene rings is 2. The molecule has 0 aliphatic carbocycles. The second-order valence-corrected chi connectivity index (χ2v) is 5.05. The molecule has 5 heteroatoms. The van der Waals surface area contributed by atoms with Gasteiger partial charge in [-0.3, -0.25) is 0 Å². The van der Waals surface area contributed by atoms with E-state index in [1.165, 1.54) is 13.2 Å². The number of nitrogens with one attached hydrogen (secondary N) is 1. The molecule has 0 atom stereocenters. The Morgan fingerprint density at radius 3 is 2.71 bits per heavy atom. The van der Waals surface area contributed by atoms with E-state index in [1.54, 1.807) is 24.3 Å². The van der Waals surface area contributed by atoms with E-state index in [2.05, 4.69) is 10.1 Å². The van der Waals surface area contributed by atoms with Crippen molar-refractivity contribution in [3.05, 3.63) is 63.9 Å². The van der Waals surface area contributed by atoms with Crippen LogP contribution in [0.4, 0.5) is 10.1 Å². The zero-order chi connectivity index (χ0) is 15.4. The Balaban J connectivity index is 2.17. The van der Waals surface area contributed by atoms with E-state index in [-0.39, 0.29) is 5.82 Å². The van der Waals surface area contributed by atoms with Crippen LogP contribution in [0.5, 0.6) is 0 Å². The van der Waals surface area contributed by atoms with Crippen LogP contribution in [0.1, 0.15) is 21.5 Å². The molecule has 0 bridgehead atoms. The van der Waals surface area contributed by atoms with Crippen molar-refractivity contribution in [2.45, 2.75) is 13.5 Å². The van der Waals surface area contributed by atoms with Gasteiger partial charge < -0.3 is 10.1 Å². The Hall–Kier alpha value is -2.07. The summed E-state index contributed by atoms with van der Waals surface area (Å²) in [6.07, 6.45) is 0. The topological polar surface area (TPSA) is 38.3 Å². The molecule has 0 spiro atoms. The van der Waals surface area contributed by atoms with Crippen molar-refractivity contribution in [3.8, 4) is 0 Å². The molecule has 2 aromatic rings. The average molecular weight is 308 g/mol. The van der Waals surface area contributed by atoms with E-state index < -0.39 is 5.97 Å². The van der Waals surface area contributed by atoms with Gasteiger partial charge >= 0.3 is 5.97 Å². The number of rotatable bonds is 4. The van der Waals surface area contributed by atoms with E-state index >= 15 is 0 Å². The van der Waals surface area contributed by atoms with E-state index in [0.717, 1.165) is 11.3 Å². The number of carbonyl (C=O) groups is 1. The highest BCUT2D eigenvalue weighted by Crippen LogP contribution is 2.20. The molecule has 0 saturated carbocycles. The number of esters is 1. The lowest BCUT2D eigenvalue weighted by Crippen LogP contribution is -2.06. The molecule has 110 valence electrons. The van der Waals surface area contributed by atoms with Crippen molar-refractivity contribution in [1.82, 2.24) is 0 Å². The Labute approximate surface area is 127 Å². The third-order valence-corrected chi connectivity index (χ3v) is 3.38. The van der Waals surface area contributed by atoms with Crippen LogP contribution < -0.4 is 5.32 Å². The first-order chi connectivity index (χ1) is 10.0. The Kier molecular flexibility index (Phi) is 4.81. The third kappa shape index (κ3) is 3.73. The molecule has 0 unspecified atom stereocenters. The van der Waals surface area contributed by atoms with Crippen molar-refractivity contribution in [1.29, 1.82) is 0 Å². The SMILES string of the molecule is COC(=O)c1ccc(C)c(NCc2ccc(Cl)cc2F)c1. The fourth-order valence-corrected chi connectivity index (χ4v) is 2.07. The number of aryl methyl sites for hydroxylation is 1. The van der Waals surface area contributed by atoms with Gasteiger partial charge in [-0.2, -0.15) is 0 Å². The second kappa shape index (κ2) is 6.59. The maximum absolute atomic E-state index is 13.7. The Morgan fingerprint density at radius 1 is 1.29 bits per heavy atom. The van der Waals surface area contributed by atoms with E-state index in [1.807, 2.05) is 13.0 Å². The molecule has 0 aromatic heterocycles. The summed E-state index contributed by atoms with van der Waals surface area (Å²) in [5, 5.41) is 3.48. The van der Waals surface area contributed by atoms with Crippen LogP contribution in [0.2, 0.25) is 5.02 Å². The van der Waals surface area contributed by atoms with Crippen molar-refractivity contribution in [2.75, 3.05) is 12.4 Å². The van der Waals surface area contributed by atoms with Crippen LogP contribution in [0.15, 0.2) is 36.4 Å². The molecule has 0 aliphatic heterocycles. The molecular formula is C16H15ClFNO2. The van der Waals surface area contributed by atoms with E-state index in [4.69, 9.17) is 11.6 Å². The fraction of sp³-hybridized carbons (Fsp3) is 0.188. The maximum Gasteiger partial charge on any atom is 0.337 e. The fourth-order valence-electron chi connectivity index (χ4n) is 1.91. The number of methoxy groups -OCH3 is 1. The number of anilines is 1. The highest BCUT2D eigenvalue weighted by molar-refractivity contribution is 6.30. The first-order valence-electron chi connectivity index (χ1n) is 6.38. The van der Waals surface area contributed by atoms with Gasteiger partial charge in [0.25, 0.3) is 0 Å². The number of ether oxygens (including phenoxy) is 1. The lowest BCUT2D eigenvalue weighted by atomic mass is 10.1. The minimum absolute atomic E-state index is 0.300. The van der Waals surface area contributed by atoms with Gasteiger partial charge in [-0.1, -0.05) is 23.7 Å². The van der Waals surface area contributed by atoms with Gasteiger partial charge in [0, 0.05) is 22.8 Å². The number of hydrogen-bond donors (Lipinski definition) is 1. The van der Waals surface area contributed by atoms with Crippen molar-refractivity contribution >= 4 is 23.3 Å². The van der Waals surface area contributed by atoms with Gasteiger partial charge in [-0.15, -0.1) is 0 Å². The van der Waals surface area contributed by atoms with Crippen LogP contribution in [-0.2, 0) is 11.3 Å². The number of hydrogen-bond acceptors (Lipinski definition) is 3. The normalized spacial score (nSPS) is 10.3. The minimum atomic E-state index is -0.407. The minimum Gasteiger partial charge on any atom is -0.465 e. The first kappa shape index (κ1) is 15.3. The quantitative estimate of drug-likeness (QED) is 0.861. The number of carbonyl (C=O) groups excluding carboxylic acids is 1. The lowest BCUT2D eigenvalue weighted by Gasteiger charge is -2.11. The van der Waals surface area contributed by atoms with Crippen molar-refractivity contribution in [3.63, 3.8) is 0 Å². The average Bonchev–Trinajstić information content (AvgIpc) is 2.47. The smallest absolute Gasteiger partial charge is 0.337 e. The van der Waals surface area contributed by atoms with Crippen LogP contribution in [0, 0.1) is 12.7 Å². The van der Waals surface area contributed by atoms with Crippen LogP contribution in [0.3, 0.4) is 0 Å². The molecule has 0 radical (unpaired) electrons. The van der Waals surface area contributed by atoms with Gasteiger partial charge in [-0.05, 0) is 36.8 Å². The van der Waals surface area contributed by atoms with Crippen LogP contribution >= 0.6 is 11.6 Å². The molecule has 2 rings (SSSR count). The molecule has 0 fully saturated rings. The predicted molar refractivity (Wildman–Crippen MR) is 81.3 cm³/mol. The zero-order valence-electron chi connectivity index (χ0n) is 11.7. The largest absolute Gasteiger partial charge is 0.465 e. The van der Waals surface area contributed by atoms with E-state index in [9.17, 15) is 9.18 Å². The summed E-state index contributed by atoms with van der Waals surface area (Å²) >= 11 is 5.72. The maximum atomic E-state index is 13.7. The molecule has 0 saturated heterocycles. The van der Waals surface area contributed by atoms with E-state index in [0.29, 0.717) is 22.7 Å². The molecular weight excluding hydrogens is 293 g/mol. The molecule has 2 aromatic carbocycles. The van der Waals surface area contributed by atoms with Gasteiger partial charge in [-0.25, -0.2) is 9.18 Å². The van der Waals surface area contributed by atoms with Gasteiger partial charge in [0.1, 0.15) is 5.82 Å². The molecule has 3 nitrogen and oxygen atoms in total. The second-order valence-electron chi connectivity index (χ2n) is 4.61. The summed E-state index contributed by atoms with van der Waals surface area (Å²) in [5.41, 5.74) is 2.66. The summed E-state index contributed by atoms with van der Waals surface area (Å²) < 4.78 is 18.4. The van der Waals surface area contributed by atoms with Crippen molar-refractivity contribution < 1.29 is 13.9 Å². The summed E-state index contributed by atoms with van der Waals surface area (Å²) in [5.74, 6) is -0.771. The molecule has 0 heterocycles. The molecule has 0 amide bonds. The Bertz CT molecular complexity index is 673. The molecule has 0 aliphatic rings. The predicted octanol–water partition coefficient (Wildman–Crippen LogP) is 4.19. The highest BCUT2D eigenvalue weighted by Gasteiger charge is 2.09. The standard InChI is InChI=1S/C16H15ClFNO2/c1-10-3-4-11(16(20)21-2)7-15(10)19-9-12-5-6-13(17)8-14(12)18/h3-8,19H,9H2,1-2H3. The van der Waals surface area contributed by atoms with Crippen molar-refractivity contribution in [2.24, 2.45) is 0 Å². The van der Waals surface area contributed by atoms with Gasteiger partial charge in [0.2, 0.25) is 0 Å². The summed E-state index contributed by atoms with van der Waals surface area (Å²) in [6, 6.07) is 9.73. The van der Waals surface area contributed by atoms with Crippen LogP contribution in [0.25, 0.3) is 0 Å². The zero-order valence-corrected chi connectivity index (χ0v) is 12.5. The summed E-state index contributed by atoms with van der Waals surface area (Å²) in [7, 11) is 1.33. The Morgan fingerprint density at radius 2 is 2.05 bits per heavy atom. The summed E-state index contributed by atoms with van der Waals surface area (Å²) in [4.78, 5) is 11.5. The first-order valence-corrected chi connectivity index (χ1v) is 6.76. The van der Waals surface area contributed by atoms with Gasteiger partial charge in [0.15, 0.2) is 0 Å². The monoisotopic (exact) mass is 307 g/mol.